The summed E-state index contributed by atoms with van der Waals surface area (Å²) in [6.07, 6.45) is 0.660. The summed E-state index contributed by atoms with van der Waals surface area (Å²) in [5.74, 6) is -0.447. The van der Waals surface area contributed by atoms with Crippen LogP contribution in [0.15, 0.2) is 24.3 Å². The van der Waals surface area contributed by atoms with E-state index < -0.39 is 0 Å². The lowest BCUT2D eigenvalue weighted by Crippen LogP contribution is -2.36. The van der Waals surface area contributed by atoms with Gasteiger partial charge < -0.3 is 15.7 Å². The number of nitrogens with one attached hydrogen (secondary N) is 2. The Bertz CT molecular complexity index is 428. The van der Waals surface area contributed by atoms with Crippen LogP contribution >= 0.6 is 0 Å². The monoisotopic (exact) mass is 250 g/mol. The summed E-state index contributed by atoms with van der Waals surface area (Å²) in [7, 11) is 0. The van der Waals surface area contributed by atoms with Crippen molar-refractivity contribution in [2.45, 2.75) is 26.3 Å². The highest BCUT2D eigenvalue weighted by molar-refractivity contribution is 5.96. The molecule has 98 valence electrons. The maximum absolute atomic E-state index is 11.9. The molecule has 0 bridgehead atoms. The fraction of sp³-hybridized carbons (Fsp3) is 0.385. The minimum Gasteiger partial charge on any atom is -0.394 e. The molecule has 1 aromatic carbocycles. The van der Waals surface area contributed by atoms with Gasteiger partial charge in [-0.15, -0.1) is 0 Å². The van der Waals surface area contributed by atoms with Gasteiger partial charge in [0.25, 0.3) is 5.91 Å². The Morgan fingerprint density at radius 2 is 2.11 bits per heavy atom. The van der Waals surface area contributed by atoms with Gasteiger partial charge in [-0.2, -0.15) is 0 Å². The molecular weight excluding hydrogens is 232 g/mol. The van der Waals surface area contributed by atoms with Gasteiger partial charge in [-0.25, -0.2) is 0 Å². The van der Waals surface area contributed by atoms with Gasteiger partial charge >= 0.3 is 0 Å². The minimum absolute atomic E-state index is 0.0897. The SMILES string of the molecule is CC[C@@H](CO)NC(=O)c1cccc(NC(C)=O)c1. The quantitative estimate of drug-likeness (QED) is 0.733. The van der Waals surface area contributed by atoms with Gasteiger partial charge in [-0.3, -0.25) is 9.59 Å². The van der Waals surface area contributed by atoms with Crippen molar-refractivity contribution < 1.29 is 14.7 Å². The van der Waals surface area contributed by atoms with Gasteiger partial charge in [0.2, 0.25) is 5.91 Å². The molecule has 1 rings (SSSR count). The largest absolute Gasteiger partial charge is 0.394 e. The van der Waals surface area contributed by atoms with Crippen molar-refractivity contribution in [1.29, 1.82) is 0 Å². The molecule has 2 amide bonds. The number of amides is 2. The smallest absolute Gasteiger partial charge is 0.251 e. The van der Waals surface area contributed by atoms with E-state index in [0.717, 1.165) is 0 Å². The predicted octanol–water partition coefficient (Wildman–Crippen LogP) is 1.15. The van der Waals surface area contributed by atoms with E-state index in [4.69, 9.17) is 5.11 Å². The third-order valence-corrected chi connectivity index (χ3v) is 2.49. The van der Waals surface area contributed by atoms with E-state index in [1.807, 2.05) is 6.92 Å². The van der Waals surface area contributed by atoms with Crippen LogP contribution in [0.1, 0.15) is 30.6 Å². The first-order valence-electron chi connectivity index (χ1n) is 5.86. The van der Waals surface area contributed by atoms with Gasteiger partial charge in [-0.05, 0) is 24.6 Å². The van der Waals surface area contributed by atoms with Crippen LogP contribution in [0.4, 0.5) is 5.69 Å². The Morgan fingerprint density at radius 1 is 1.39 bits per heavy atom. The molecule has 1 atom stereocenters. The number of aliphatic hydroxyl groups is 1. The van der Waals surface area contributed by atoms with Crippen LogP contribution in [-0.4, -0.2) is 29.6 Å². The van der Waals surface area contributed by atoms with Crippen LogP contribution in [0.5, 0.6) is 0 Å². The lowest BCUT2D eigenvalue weighted by molar-refractivity contribution is -0.114. The Balaban J connectivity index is 2.76. The molecule has 0 saturated heterocycles. The number of benzene rings is 1. The van der Waals surface area contributed by atoms with Crippen molar-refractivity contribution in [2.24, 2.45) is 0 Å². The first kappa shape index (κ1) is 14.2. The van der Waals surface area contributed by atoms with E-state index in [1.54, 1.807) is 24.3 Å². The van der Waals surface area contributed by atoms with Crippen LogP contribution in [-0.2, 0) is 4.79 Å². The third-order valence-electron chi connectivity index (χ3n) is 2.49. The number of hydrogen-bond acceptors (Lipinski definition) is 3. The zero-order chi connectivity index (χ0) is 13.5. The zero-order valence-corrected chi connectivity index (χ0v) is 10.6. The number of hydrogen-bond donors (Lipinski definition) is 3. The van der Waals surface area contributed by atoms with Crippen LogP contribution in [0.25, 0.3) is 0 Å². The maximum Gasteiger partial charge on any atom is 0.251 e. The Hall–Kier alpha value is -1.88. The highest BCUT2D eigenvalue weighted by Gasteiger charge is 2.11. The molecule has 3 N–H and O–H groups in total. The van der Waals surface area contributed by atoms with Gasteiger partial charge in [0.05, 0.1) is 12.6 Å². The average molecular weight is 250 g/mol. The van der Waals surface area contributed by atoms with E-state index in [1.165, 1.54) is 6.92 Å². The molecule has 0 aliphatic heterocycles. The fourth-order valence-corrected chi connectivity index (χ4v) is 1.49. The molecule has 0 saturated carbocycles. The number of anilines is 1. The Morgan fingerprint density at radius 3 is 2.67 bits per heavy atom. The molecule has 5 nitrogen and oxygen atoms in total. The van der Waals surface area contributed by atoms with Crippen LogP contribution in [0, 0.1) is 0 Å². The maximum atomic E-state index is 11.9. The average Bonchev–Trinajstić information content (AvgIpc) is 2.35. The summed E-state index contributed by atoms with van der Waals surface area (Å²) in [4.78, 5) is 22.8. The van der Waals surface area contributed by atoms with Crippen LogP contribution in [0.3, 0.4) is 0 Å². The van der Waals surface area contributed by atoms with Crippen LogP contribution in [0.2, 0.25) is 0 Å². The molecule has 1 aromatic rings. The third kappa shape index (κ3) is 4.18. The fourth-order valence-electron chi connectivity index (χ4n) is 1.49. The Labute approximate surface area is 106 Å². The summed E-state index contributed by atoms with van der Waals surface area (Å²) in [5.41, 5.74) is 1.03. The molecular formula is C13H18N2O3. The second-order valence-electron chi connectivity index (χ2n) is 4.02. The van der Waals surface area contributed by atoms with E-state index in [9.17, 15) is 9.59 Å². The zero-order valence-electron chi connectivity index (χ0n) is 10.6. The van der Waals surface area contributed by atoms with E-state index >= 15 is 0 Å². The summed E-state index contributed by atoms with van der Waals surface area (Å²) >= 11 is 0. The number of rotatable bonds is 5. The van der Waals surface area contributed by atoms with Crippen molar-refractivity contribution in [3.8, 4) is 0 Å². The van der Waals surface area contributed by atoms with Crippen molar-refractivity contribution in [3.05, 3.63) is 29.8 Å². The van der Waals surface area contributed by atoms with Gasteiger partial charge in [-0.1, -0.05) is 13.0 Å². The molecule has 5 heteroatoms. The topological polar surface area (TPSA) is 78.4 Å². The van der Waals surface area contributed by atoms with Gasteiger partial charge in [0.15, 0.2) is 0 Å². The molecule has 0 radical (unpaired) electrons. The normalized spacial score (nSPS) is 11.7. The summed E-state index contributed by atoms with van der Waals surface area (Å²) in [6, 6.07) is 6.41. The number of carbonyl (C=O) groups excluding carboxylic acids is 2. The molecule has 0 spiro atoms. The molecule has 0 unspecified atom stereocenters. The molecule has 0 aliphatic carbocycles. The second kappa shape index (κ2) is 6.76. The lowest BCUT2D eigenvalue weighted by atomic mass is 10.1. The minimum atomic E-state index is -0.261. The number of aliphatic hydroxyl groups excluding tert-OH is 1. The predicted molar refractivity (Wildman–Crippen MR) is 69.4 cm³/mol. The molecule has 0 fully saturated rings. The van der Waals surface area contributed by atoms with E-state index in [0.29, 0.717) is 17.7 Å². The second-order valence-corrected chi connectivity index (χ2v) is 4.02. The van der Waals surface area contributed by atoms with Crippen molar-refractivity contribution in [1.82, 2.24) is 5.32 Å². The first-order chi connectivity index (χ1) is 8.56. The van der Waals surface area contributed by atoms with Crippen LogP contribution < -0.4 is 10.6 Å². The van der Waals surface area contributed by atoms with Gasteiger partial charge in [0, 0.05) is 18.2 Å². The standard InChI is InChI=1S/C13H18N2O3/c1-3-11(8-16)15-13(18)10-5-4-6-12(7-10)14-9(2)17/h4-7,11,16H,3,8H2,1-2H3,(H,14,17)(H,15,18)/t11-/m0/s1. The highest BCUT2D eigenvalue weighted by Crippen LogP contribution is 2.10. The van der Waals surface area contributed by atoms with Gasteiger partial charge in [0.1, 0.15) is 0 Å². The highest BCUT2D eigenvalue weighted by atomic mass is 16.3. The molecule has 0 aromatic heterocycles. The molecule has 18 heavy (non-hydrogen) atoms. The first-order valence-corrected chi connectivity index (χ1v) is 5.86. The summed E-state index contributed by atoms with van der Waals surface area (Å²) < 4.78 is 0. The van der Waals surface area contributed by atoms with Crippen molar-refractivity contribution >= 4 is 17.5 Å². The lowest BCUT2D eigenvalue weighted by Gasteiger charge is -2.14. The molecule has 0 aliphatic rings. The van der Waals surface area contributed by atoms with Crippen molar-refractivity contribution in [3.63, 3.8) is 0 Å². The number of carbonyl (C=O) groups is 2. The van der Waals surface area contributed by atoms with Crippen molar-refractivity contribution in [2.75, 3.05) is 11.9 Å². The summed E-state index contributed by atoms with van der Waals surface area (Å²) in [6.45, 7) is 3.20. The Kier molecular flexibility index (Phi) is 5.32. The van der Waals surface area contributed by atoms with E-state index in [-0.39, 0.29) is 24.5 Å². The summed E-state index contributed by atoms with van der Waals surface area (Å²) in [5, 5.41) is 14.3. The van der Waals surface area contributed by atoms with E-state index in [2.05, 4.69) is 10.6 Å². The molecule has 0 heterocycles.